The van der Waals surface area contributed by atoms with Crippen molar-refractivity contribution in [3.63, 3.8) is 0 Å². The molecule has 0 amide bonds. The van der Waals surface area contributed by atoms with Crippen LogP contribution in [0, 0.1) is 13.8 Å². The lowest BCUT2D eigenvalue weighted by molar-refractivity contribution is 0.698. The van der Waals surface area contributed by atoms with Gasteiger partial charge >= 0.3 is 0 Å². The highest BCUT2D eigenvalue weighted by Gasteiger charge is 2.43. The molecular formula is C12H16BrN. The first-order valence-electron chi connectivity index (χ1n) is 5.06. The van der Waals surface area contributed by atoms with Crippen LogP contribution in [0.25, 0.3) is 0 Å². The largest absolute Gasteiger partial charge is 0.330 e. The summed E-state index contributed by atoms with van der Waals surface area (Å²) in [6.07, 6.45) is 2.50. The first-order valence-corrected chi connectivity index (χ1v) is 5.86. The number of hydrogen-bond donors (Lipinski definition) is 1. The van der Waals surface area contributed by atoms with Gasteiger partial charge in [-0.15, -0.1) is 0 Å². The van der Waals surface area contributed by atoms with Gasteiger partial charge in [-0.3, -0.25) is 0 Å². The smallest absolute Gasteiger partial charge is 0.0207 e. The van der Waals surface area contributed by atoms with Crippen molar-refractivity contribution >= 4 is 15.9 Å². The van der Waals surface area contributed by atoms with Crippen LogP contribution in [0.3, 0.4) is 0 Å². The molecule has 0 radical (unpaired) electrons. The van der Waals surface area contributed by atoms with E-state index >= 15 is 0 Å². The second kappa shape index (κ2) is 3.35. The Kier molecular flexibility index (Phi) is 2.44. The summed E-state index contributed by atoms with van der Waals surface area (Å²) in [7, 11) is 0. The van der Waals surface area contributed by atoms with Gasteiger partial charge in [0.25, 0.3) is 0 Å². The molecule has 0 unspecified atom stereocenters. The third-order valence-corrected chi connectivity index (χ3v) is 4.18. The van der Waals surface area contributed by atoms with Crippen LogP contribution in [-0.4, -0.2) is 6.54 Å². The van der Waals surface area contributed by atoms with Gasteiger partial charge in [0.2, 0.25) is 0 Å². The lowest BCUT2D eigenvalue weighted by Crippen LogP contribution is -2.20. The minimum absolute atomic E-state index is 0.306. The van der Waals surface area contributed by atoms with E-state index < -0.39 is 0 Å². The fraction of sp³-hybridized carbons (Fsp3) is 0.500. The minimum Gasteiger partial charge on any atom is -0.330 e. The maximum absolute atomic E-state index is 5.84. The van der Waals surface area contributed by atoms with Crippen molar-refractivity contribution in [2.75, 3.05) is 6.54 Å². The summed E-state index contributed by atoms with van der Waals surface area (Å²) in [5.74, 6) is 0. The molecule has 1 aliphatic carbocycles. The van der Waals surface area contributed by atoms with Crippen molar-refractivity contribution in [1.82, 2.24) is 0 Å². The van der Waals surface area contributed by atoms with Crippen molar-refractivity contribution in [2.45, 2.75) is 32.1 Å². The number of halogens is 1. The summed E-state index contributed by atoms with van der Waals surface area (Å²) in [4.78, 5) is 0. The SMILES string of the molecule is Cc1cc(C)c(C2(CN)CC2)cc1Br. The second-order valence-electron chi connectivity index (χ2n) is 4.40. The molecule has 1 aromatic rings. The predicted molar refractivity (Wildman–Crippen MR) is 63.6 cm³/mol. The fourth-order valence-electron chi connectivity index (χ4n) is 2.13. The van der Waals surface area contributed by atoms with Gasteiger partial charge in [0, 0.05) is 16.4 Å². The van der Waals surface area contributed by atoms with E-state index in [4.69, 9.17) is 5.73 Å². The maximum Gasteiger partial charge on any atom is 0.0207 e. The van der Waals surface area contributed by atoms with Crippen LogP contribution in [0.1, 0.15) is 29.5 Å². The van der Waals surface area contributed by atoms with E-state index in [-0.39, 0.29) is 0 Å². The normalized spacial score (nSPS) is 18.3. The van der Waals surface area contributed by atoms with Gasteiger partial charge in [-0.25, -0.2) is 0 Å². The van der Waals surface area contributed by atoms with E-state index in [1.165, 1.54) is 34.0 Å². The van der Waals surface area contributed by atoms with Gasteiger partial charge in [0.05, 0.1) is 0 Å². The Morgan fingerprint density at radius 2 is 1.93 bits per heavy atom. The number of aryl methyl sites for hydroxylation is 2. The van der Waals surface area contributed by atoms with Crippen LogP contribution < -0.4 is 5.73 Å². The number of nitrogens with two attached hydrogens (primary N) is 1. The average Bonchev–Trinajstić information content (AvgIpc) is 2.92. The standard InChI is InChI=1S/C12H16BrN/c1-8-5-9(2)11(13)6-10(8)12(7-14)3-4-12/h5-6H,3-4,7,14H2,1-2H3. The van der Waals surface area contributed by atoms with E-state index in [1.54, 1.807) is 0 Å². The lowest BCUT2D eigenvalue weighted by Gasteiger charge is -2.17. The Morgan fingerprint density at radius 1 is 1.29 bits per heavy atom. The Balaban J connectivity index is 2.49. The molecule has 0 aromatic heterocycles. The molecule has 1 aliphatic rings. The molecule has 0 spiro atoms. The van der Waals surface area contributed by atoms with Gasteiger partial charge < -0.3 is 5.73 Å². The minimum atomic E-state index is 0.306. The Bertz CT molecular complexity index is 367. The van der Waals surface area contributed by atoms with Crippen molar-refractivity contribution in [2.24, 2.45) is 5.73 Å². The summed E-state index contributed by atoms with van der Waals surface area (Å²) in [5.41, 5.74) is 10.3. The molecule has 2 heteroatoms. The van der Waals surface area contributed by atoms with Crippen LogP contribution in [0.2, 0.25) is 0 Å². The van der Waals surface area contributed by atoms with E-state index in [0.29, 0.717) is 5.41 Å². The Labute approximate surface area is 93.8 Å². The molecular weight excluding hydrogens is 238 g/mol. The van der Waals surface area contributed by atoms with E-state index in [1.807, 2.05) is 0 Å². The van der Waals surface area contributed by atoms with Crippen molar-refractivity contribution in [1.29, 1.82) is 0 Å². The molecule has 0 heterocycles. The van der Waals surface area contributed by atoms with E-state index in [0.717, 1.165) is 6.54 Å². The molecule has 2 rings (SSSR count). The first kappa shape index (κ1) is 10.2. The van der Waals surface area contributed by atoms with Gasteiger partial charge in [-0.2, -0.15) is 0 Å². The molecule has 1 aromatic carbocycles. The monoisotopic (exact) mass is 253 g/mol. The van der Waals surface area contributed by atoms with Crippen LogP contribution in [-0.2, 0) is 5.41 Å². The maximum atomic E-state index is 5.84. The summed E-state index contributed by atoms with van der Waals surface area (Å²) in [6, 6.07) is 4.50. The summed E-state index contributed by atoms with van der Waals surface area (Å²) in [5, 5.41) is 0. The zero-order valence-corrected chi connectivity index (χ0v) is 10.3. The van der Waals surface area contributed by atoms with E-state index in [9.17, 15) is 0 Å². The Hall–Kier alpha value is -0.340. The quantitative estimate of drug-likeness (QED) is 0.862. The van der Waals surface area contributed by atoms with Crippen molar-refractivity contribution in [3.05, 3.63) is 33.3 Å². The van der Waals surface area contributed by atoms with Gasteiger partial charge in [0.15, 0.2) is 0 Å². The highest BCUT2D eigenvalue weighted by molar-refractivity contribution is 9.10. The van der Waals surface area contributed by atoms with Gasteiger partial charge in [-0.1, -0.05) is 22.0 Å². The zero-order chi connectivity index (χ0) is 10.3. The molecule has 0 saturated heterocycles. The lowest BCUT2D eigenvalue weighted by atomic mass is 9.91. The molecule has 0 bridgehead atoms. The third-order valence-electron chi connectivity index (χ3n) is 3.32. The molecule has 1 fully saturated rings. The first-order chi connectivity index (χ1) is 6.59. The highest BCUT2D eigenvalue weighted by Crippen LogP contribution is 2.49. The second-order valence-corrected chi connectivity index (χ2v) is 5.26. The fourth-order valence-corrected chi connectivity index (χ4v) is 2.47. The Morgan fingerprint density at radius 3 is 2.43 bits per heavy atom. The van der Waals surface area contributed by atoms with Crippen molar-refractivity contribution < 1.29 is 0 Å². The number of rotatable bonds is 2. The molecule has 0 aliphatic heterocycles. The zero-order valence-electron chi connectivity index (χ0n) is 8.73. The van der Waals surface area contributed by atoms with Gasteiger partial charge in [0.1, 0.15) is 0 Å². The molecule has 76 valence electrons. The summed E-state index contributed by atoms with van der Waals surface area (Å²) >= 11 is 3.59. The molecule has 1 nitrogen and oxygen atoms in total. The molecule has 1 saturated carbocycles. The summed E-state index contributed by atoms with van der Waals surface area (Å²) < 4.78 is 1.21. The van der Waals surface area contributed by atoms with Crippen LogP contribution in [0.15, 0.2) is 16.6 Å². The van der Waals surface area contributed by atoms with E-state index in [2.05, 4.69) is 41.9 Å². The third kappa shape index (κ3) is 1.51. The number of benzene rings is 1. The topological polar surface area (TPSA) is 26.0 Å². The average molecular weight is 254 g/mol. The predicted octanol–water partition coefficient (Wildman–Crippen LogP) is 3.06. The van der Waals surface area contributed by atoms with Crippen LogP contribution >= 0.6 is 15.9 Å². The van der Waals surface area contributed by atoms with Crippen molar-refractivity contribution in [3.8, 4) is 0 Å². The molecule has 14 heavy (non-hydrogen) atoms. The van der Waals surface area contributed by atoms with Crippen LogP contribution in [0.4, 0.5) is 0 Å². The van der Waals surface area contributed by atoms with Gasteiger partial charge in [-0.05, 0) is 49.4 Å². The highest BCUT2D eigenvalue weighted by atomic mass is 79.9. The molecule has 0 atom stereocenters. The molecule has 2 N–H and O–H groups in total. The number of hydrogen-bond acceptors (Lipinski definition) is 1. The van der Waals surface area contributed by atoms with Crippen LogP contribution in [0.5, 0.6) is 0 Å². The summed E-state index contributed by atoms with van der Waals surface area (Å²) in [6.45, 7) is 5.09.